The molecule has 15 heavy (non-hydrogen) atoms. The average molecular weight is 194 g/mol. The van der Waals surface area contributed by atoms with Crippen LogP contribution in [0.2, 0.25) is 0 Å². The van der Waals surface area contributed by atoms with Gasteiger partial charge in [0.05, 0.1) is 11.0 Å². The van der Waals surface area contributed by atoms with Crippen LogP contribution in [0.4, 0.5) is 0 Å². The lowest BCUT2D eigenvalue weighted by atomic mass is 10.1. The maximum Gasteiger partial charge on any atom is 0.0709 e. The Labute approximate surface area is 87.6 Å². The van der Waals surface area contributed by atoms with E-state index in [1.165, 1.54) is 16.3 Å². The van der Waals surface area contributed by atoms with Gasteiger partial charge in [0.2, 0.25) is 0 Å². The van der Waals surface area contributed by atoms with Crippen LogP contribution in [0, 0.1) is 6.92 Å². The third kappa shape index (κ3) is 1.26. The van der Waals surface area contributed by atoms with E-state index in [4.69, 9.17) is 0 Å². The Kier molecular flexibility index (Phi) is 1.68. The van der Waals surface area contributed by atoms with E-state index in [1.54, 1.807) is 0 Å². The lowest BCUT2D eigenvalue weighted by molar-refractivity contribution is 1.33. The molecule has 0 saturated carbocycles. The molecule has 2 nitrogen and oxygen atoms in total. The van der Waals surface area contributed by atoms with Crippen LogP contribution in [0.3, 0.4) is 0 Å². The molecule has 0 fully saturated rings. The number of nitrogens with zero attached hydrogens (tertiary/aromatic N) is 2. The van der Waals surface area contributed by atoms with Crippen LogP contribution in [0.25, 0.3) is 21.8 Å². The molecule has 0 aliphatic carbocycles. The zero-order valence-corrected chi connectivity index (χ0v) is 8.44. The first-order chi connectivity index (χ1) is 7.34. The number of benzene rings is 1. The van der Waals surface area contributed by atoms with Gasteiger partial charge in [-0.1, -0.05) is 6.07 Å². The van der Waals surface area contributed by atoms with Crippen molar-refractivity contribution in [3.63, 3.8) is 0 Å². The molecule has 2 heterocycles. The standard InChI is InChI=1S/C13H10N2/c1-9-7-11-10-3-2-6-14-12(10)4-5-13(11)15-8-9/h2-8H,1H3. The number of hydrogen-bond donors (Lipinski definition) is 0. The van der Waals surface area contributed by atoms with Gasteiger partial charge in [0.1, 0.15) is 0 Å². The Hall–Kier alpha value is -1.96. The predicted octanol–water partition coefficient (Wildman–Crippen LogP) is 3.09. The molecule has 0 aliphatic rings. The van der Waals surface area contributed by atoms with Crippen LogP contribution in [0.1, 0.15) is 5.56 Å². The average Bonchev–Trinajstić information content (AvgIpc) is 2.29. The molecule has 0 atom stereocenters. The zero-order chi connectivity index (χ0) is 10.3. The van der Waals surface area contributed by atoms with E-state index in [0.29, 0.717) is 0 Å². The number of hydrogen-bond acceptors (Lipinski definition) is 2. The highest BCUT2D eigenvalue weighted by molar-refractivity contribution is 6.04. The fourth-order valence-electron chi connectivity index (χ4n) is 1.86. The maximum absolute atomic E-state index is 4.40. The highest BCUT2D eigenvalue weighted by atomic mass is 14.7. The SMILES string of the molecule is Cc1cnc2ccc3ncccc3c2c1. The summed E-state index contributed by atoms with van der Waals surface area (Å²) in [7, 11) is 0. The summed E-state index contributed by atoms with van der Waals surface area (Å²) in [4.78, 5) is 8.74. The molecule has 0 aliphatic heterocycles. The van der Waals surface area contributed by atoms with Crippen molar-refractivity contribution in [2.45, 2.75) is 6.92 Å². The Morgan fingerprint density at radius 3 is 2.60 bits per heavy atom. The van der Waals surface area contributed by atoms with Gasteiger partial charge in [-0.3, -0.25) is 9.97 Å². The Bertz CT molecular complexity index is 644. The summed E-state index contributed by atoms with van der Waals surface area (Å²) < 4.78 is 0. The van der Waals surface area contributed by atoms with Crippen LogP contribution in [-0.2, 0) is 0 Å². The molecule has 1 aromatic carbocycles. The second-order valence-electron chi connectivity index (χ2n) is 3.72. The molecule has 0 amide bonds. The van der Waals surface area contributed by atoms with Crippen LogP contribution >= 0.6 is 0 Å². The number of aromatic nitrogens is 2. The molecular formula is C13H10N2. The van der Waals surface area contributed by atoms with E-state index < -0.39 is 0 Å². The van der Waals surface area contributed by atoms with Crippen molar-refractivity contribution < 1.29 is 0 Å². The first kappa shape index (κ1) is 8.36. The second-order valence-corrected chi connectivity index (χ2v) is 3.72. The molecule has 0 bridgehead atoms. The van der Waals surface area contributed by atoms with Gasteiger partial charge in [-0.2, -0.15) is 0 Å². The smallest absolute Gasteiger partial charge is 0.0709 e. The van der Waals surface area contributed by atoms with Crippen molar-refractivity contribution >= 4 is 21.8 Å². The number of rotatable bonds is 0. The van der Waals surface area contributed by atoms with Gasteiger partial charge in [0.25, 0.3) is 0 Å². The zero-order valence-electron chi connectivity index (χ0n) is 8.44. The van der Waals surface area contributed by atoms with E-state index >= 15 is 0 Å². The summed E-state index contributed by atoms with van der Waals surface area (Å²) in [6.07, 6.45) is 3.71. The fourth-order valence-corrected chi connectivity index (χ4v) is 1.86. The maximum atomic E-state index is 4.40. The van der Waals surface area contributed by atoms with Gasteiger partial charge in [-0.25, -0.2) is 0 Å². The minimum atomic E-state index is 1.03. The first-order valence-electron chi connectivity index (χ1n) is 4.95. The summed E-state index contributed by atoms with van der Waals surface area (Å²) in [5, 5.41) is 2.35. The minimum Gasteiger partial charge on any atom is -0.256 e. The van der Waals surface area contributed by atoms with Crippen LogP contribution in [0.15, 0.2) is 42.7 Å². The quantitative estimate of drug-likeness (QED) is 0.514. The molecule has 2 aromatic heterocycles. The van der Waals surface area contributed by atoms with Crippen LogP contribution < -0.4 is 0 Å². The normalized spacial score (nSPS) is 11.0. The van der Waals surface area contributed by atoms with E-state index in [1.807, 2.05) is 30.6 Å². The molecule has 0 spiro atoms. The van der Waals surface area contributed by atoms with Gasteiger partial charge in [-0.05, 0) is 36.8 Å². The lowest BCUT2D eigenvalue weighted by Gasteiger charge is -2.02. The van der Waals surface area contributed by atoms with Crippen LogP contribution in [0.5, 0.6) is 0 Å². The third-order valence-electron chi connectivity index (χ3n) is 2.58. The van der Waals surface area contributed by atoms with E-state index in [9.17, 15) is 0 Å². The number of pyridine rings is 2. The molecule has 0 unspecified atom stereocenters. The first-order valence-corrected chi connectivity index (χ1v) is 4.95. The van der Waals surface area contributed by atoms with Gasteiger partial charge in [0, 0.05) is 23.2 Å². The Balaban J connectivity index is 2.57. The van der Waals surface area contributed by atoms with Crippen molar-refractivity contribution in [1.29, 1.82) is 0 Å². The summed E-state index contributed by atoms with van der Waals surface area (Å²) in [5.74, 6) is 0. The largest absolute Gasteiger partial charge is 0.256 e. The molecular weight excluding hydrogens is 184 g/mol. The summed E-state index contributed by atoms with van der Waals surface area (Å²) in [6, 6.07) is 10.2. The third-order valence-corrected chi connectivity index (χ3v) is 2.58. The van der Waals surface area contributed by atoms with Crippen molar-refractivity contribution in [2.75, 3.05) is 0 Å². The van der Waals surface area contributed by atoms with Crippen LogP contribution in [-0.4, -0.2) is 9.97 Å². The van der Waals surface area contributed by atoms with Crippen molar-refractivity contribution in [2.24, 2.45) is 0 Å². The second kappa shape index (κ2) is 3.02. The van der Waals surface area contributed by atoms with Gasteiger partial charge in [-0.15, -0.1) is 0 Å². The Morgan fingerprint density at radius 2 is 1.73 bits per heavy atom. The van der Waals surface area contributed by atoms with Gasteiger partial charge >= 0.3 is 0 Å². The van der Waals surface area contributed by atoms with Gasteiger partial charge in [0.15, 0.2) is 0 Å². The minimum absolute atomic E-state index is 1.03. The fraction of sp³-hybridized carbons (Fsp3) is 0.0769. The molecule has 0 saturated heterocycles. The molecule has 3 aromatic rings. The van der Waals surface area contributed by atoms with Crippen molar-refractivity contribution in [3.05, 3.63) is 48.3 Å². The number of fused-ring (bicyclic) bond motifs is 3. The van der Waals surface area contributed by atoms with Crippen molar-refractivity contribution in [3.8, 4) is 0 Å². The Morgan fingerprint density at radius 1 is 0.933 bits per heavy atom. The highest BCUT2D eigenvalue weighted by Crippen LogP contribution is 2.22. The molecule has 2 heteroatoms. The number of aryl methyl sites for hydroxylation is 1. The molecule has 3 rings (SSSR count). The molecule has 0 N–H and O–H groups in total. The van der Waals surface area contributed by atoms with E-state index in [0.717, 1.165) is 11.0 Å². The van der Waals surface area contributed by atoms with Gasteiger partial charge < -0.3 is 0 Å². The molecule has 72 valence electrons. The lowest BCUT2D eigenvalue weighted by Crippen LogP contribution is -1.84. The summed E-state index contributed by atoms with van der Waals surface area (Å²) >= 11 is 0. The summed E-state index contributed by atoms with van der Waals surface area (Å²) in [6.45, 7) is 2.06. The predicted molar refractivity (Wildman–Crippen MR) is 61.8 cm³/mol. The molecule has 0 radical (unpaired) electrons. The highest BCUT2D eigenvalue weighted by Gasteiger charge is 2.01. The van der Waals surface area contributed by atoms with Crippen molar-refractivity contribution in [1.82, 2.24) is 9.97 Å². The monoisotopic (exact) mass is 194 g/mol. The van der Waals surface area contributed by atoms with E-state index in [-0.39, 0.29) is 0 Å². The van der Waals surface area contributed by atoms with E-state index in [2.05, 4.69) is 29.0 Å². The summed E-state index contributed by atoms with van der Waals surface area (Å²) in [5.41, 5.74) is 3.23. The topological polar surface area (TPSA) is 25.8 Å².